The first kappa shape index (κ1) is 15.1. The standard InChI is InChI=1S/C11H16N4O3S2/c1-8-6-19-9(5-16)11(8)20(17,18)13-4-3-10-12-7-15(2)14-10/h6-7,13,16H,3-5H2,1-2H3. The predicted molar refractivity (Wildman–Crippen MR) is 74.9 cm³/mol. The van der Waals surface area contributed by atoms with Gasteiger partial charge in [-0.3, -0.25) is 4.68 Å². The molecule has 0 unspecified atom stereocenters. The molecule has 0 amide bonds. The number of hydrogen-bond acceptors (Lipinski definition) is 6. The highest BCUT2D eigenvalue weighted by Crippen LogP contribution is 2.26. The zero-order valence-electron chi connectivity index (χ0n) is 11.2. The molecule has 0 fully saturated rings. The van der Waals surface area contributed by atoms with E-state index in [0.717, 1.165) is 0 Å². The highest BCUT2D eigenvalue weighted by Gasteiger charge is 2.22. The Balaban J connectivity index is 2.06. The normalized spacial score (nSPS) is 11.9. The zero-order chi connectivity index (χ0) is 14.8. The molecule has 0 aliphatic heterocycles. The Morgan fingerprint density at radius 1 is 1.50 bits per heavy atom. The van der Waals surface area contributed by atoms with Crippen molar-refractivity contribution >= 4 is 21.4 Å². The lowest BCUT2D eigenvalue weighted by Gasteiger charge is -2.07. The molecule has 0 aliphatic carbocycles. The Morgan fingerprint density at radius 2 is 2.25 bits per heavy atom. The van der Waals surface area contributed by atoms with Crippen LogP contribution in [0.1, 0.15) is 16.3 Å². The number of hydrogen-bond donors (Lipinski definition) is 2. The Kier molecular flexibility index (Phi) is 4.53. The Hall–Kier alpha value is -1.29. The lowest BCUT2D eigenvalue weighted by Crippen LogP contribution is -2.27. The van der Waals surface area contributed by atoms with Gasteiger partial charge in [-0.1, -0.05) is 0 Å². The molecule has 0 bridgehead atoms. The van der Waals surface area contributed by atoms with Gasteiger partial charge < -0.3 is 5.11 Å². The van der Waals surface area contributed by atoms with Crippen LogP contribution < -0.4 is 4.72 Å². The van der Waals surface area contributed by atoms with Crippen LogP contribution in [0.3, 0.4) is 0 Å². The molecular formula is C11H16N4O3S2. The highest BCUT2D eigenvalue weighted by molar-refractivity contribution is 7.89. The maximum absolute atomic E-state index is 12.2. The van der Waals surface area contributed by atoms with Crippen LogP contribution >= 0.6 is 11.3 Å². The van der Waals surface area contributed by atoms with Gasteiger partial charge in [-0.25, -0.2) is 18.1 Å². The summed E-state index contributed by atoms with van der Waals surface area (Å²) in [4.78, 5) is 4.66. The van der Waals surface area contributed by atoms with Crippen molar-refractivity contribution in [2.45, 2.75) is 24.8 Å². The third-order valence-corrected chi connectivity index (χ3v) is 5.60. The van der Waals surface area contributed by atoms with Gasteiger partial charge in [0, 0.05) is 20.0 Å². The van der Waals surface area contributed by atoms with Gasteiger partial charge >= 0.3 is 0 Å². The van der Waals surface area contributed by atoms with Crippen LogP contribution in [0.4, 0.5) is 0 Å². The summed E-state index contributed by atoms with van der Waals surface area (Å²) in [6, 6.07) is 0. The largest absolute Gasteiger partial charge is 0.391 e. The van der Waals surface area contributed by atoms with Crippen molar-refractivity contribution in [1.29, 1.82) is 0 Å². The summed E-state index contributed by atoms with van der Waals surface area (Å²) >= 11 is 1.24. The monoisotopic (exact) mass is 316 g/mol. The van der Waals surface area contributed by atoms with Crippen LogP contribution in [0.2, 0.25) is 0 Å². The van der Waals surface area contributed by atoms with Crippen molar-refractivity contribution in [2.75, 3.05) is 6.54 Å². The number of nitrogens with zero attached hydrogens (tertiary/aromatic N) is 3. The van der Waals surface area contributed by atoms with E-state index < -0.39 is 10.0 Å². The molecule has 0 saturated heterocycles. The van der Waals surface area contributed by atoms with Gasteiger partial charge in [0.15, 0.2) is 5.82 Å². The second kappa shape index (κ2) is 6.00. The SMILES string of the molecule is Cc1csc(CO)c1S(=O)(=O)NCCc1ncn(C)n1. The third kappa shape index (κ3) is 3.23. The van der Waals surface area contributed by atoms with Crippen molar-refractivity contribution < 1.29 is 13.5 Å². The van der Waals surface area contributed by atoms with E-state index in [9.17, 15) is 13.5 Å². The fourth-order valence-corrected chi connectivity index (χ4v) is 4.51. The molecular weight excluding hydrogens is 300 g/mol. The summed E-state index contributed by atoms with van der Waals surface area (Å²) < 4.78 is 28.5. The van der Waals surface area contributed by atoms with Gasteiger partial charge in [0.1, 0.15) is 11.2 Å². The average molecular weight is 316 g/mol. The van der Waals surface area contributed by atoms with Crippen molar-refractivity contribution in [3.05, 3.63) is 28.0 Å². The van der Waals surface area contributed by atoms with Gasteiger partial charge in [0.25, 0.3) is 0 Å². The summed E-state index contributed by atoms with van der Waals surface area (Å²) in [5.41, 5.74) is 0.641. The second-order valence-corrected chi connectivity index (χ2v) is 6.98. The highest BCUT2D eigenvalue weighted by atomic mass is 32.2. The van der Waals surface area contributed by atoms with E-state index in [4.69, 9.17) is 0 Å². The van der Waals surface area contributed by atoms with Gasteiger partial charge in [-0.2, -0.15) is 5.10 Å². The molecule has 7 nitrogen and oxygen atoms in total. The maximum Gasteiger partial charge on any atom is 0.242 e. The molecule has 2 rings (SSSR count). The first-order chi connectivity index (χ1) is 9.44. The predicted octanol–water partition coefficient (Wildman–Crippen LogP) is 0.198. The van der Waals surface area contributed by atoms with E-state index in [1.807, 2.05) is 0 Å². The van der Waals surface area contributed by atoms with Crippen LogP contribution in [-0.2, 0) is 30.1 Å². The number of thiophene rings is 1. The Bertz CT molecular complexity index is 690. The molecule has 20 heavy (non-hydrogen) atoms. The number of aliphatic hydroxyl groups is 1. The molecule has 2 aromatic rings. The molecule has 0 radical (unpaired) electrons. The van der Waals surface area contributed by atoms with E-state index in [0.29, 0.717) is 22.7 Å². The van der Waals surface area contributed by atoms with Crippen molar-refractivity contribution in [3.8, 4) is 0 Å². The fourth-order valence-electron chi connectivity index (χ4n) is 1.83. The summed E-state index contributed by atoms with van der Waals surface area (Å²) in [7, 11) is -1.86. The molecule has 2 heterocycles. The number of aryl methyl sites for hydroxylation is 2. The fraction of sp³-hybridized carbons (Fsp3) is 0.455. The van der Waals surface area contributed by atoms with Crippen LogP contribution in [-0.4, -0.2) is 34.8 Å². The van der Waals surface area contributed by atoms with E-state index in [2.05, 4.69) is 14.8 Å². The lowest BCUT2D eigenvalue weighted by atomic mass is 10.3. The molecule has 0 spiro atoms. The molecule has 2 N–H and O–H groups in total. The van der Waals surface area contributed by atoms with E-state index in [1.54, 1.807) is 30.4 Å². The first-order valence-electron chi connectivity index (χ1n) is 5.96. The van der Waals surface area contributed by atoms with Crippen LogP contribution in [0.5, 0.6) is 0 Å². The molecule has 110 valence electrons. The molecule has 2 aromatic heterocycles. The van der Waals surface area contributed by atoms with Crippen molar-refractivity contribution in [2.24, 2.45) is 7.05 Å². The van der Waals surface area contributed by atoms with Crippen molar-refractivity contribution in [3.63, 3.8) is 0 Å². The Labute approximate surface area is 121 Å². The average Bonchev–Trinajstić information content (AvgIpc) is 2.95. The third-order valence-electron chi connectivity index (χ3n) is 2.69. The van der Waals surface area contributed by atoms with E-state index >= 15 is 0 Å². The number of aromatic nitrogens is 3. The van der Waals surface area contributed by atoms with Crippen molar-refractivity contribution in [1.82, 2.24) is 19.5 Å². The number of nitrogens with one attached hydrogen (secondary N) is 1. The lowest BCUT2D eigenvalue weighted by molar-refractivity contribution is 0.282. The minimum absolute atomic E-state index is 0.180. The van der Waals surface area contributed by atoms with Gasteiger partial charge in [-0.15, -0.1) is 11.3 Å². The summed E-state index contributed by atoms with van der Waals surface area (Å²) in [6.07, 6.45) is 1.98. The summed E-state index contributed by atoms with van der Waals surface area (Å²) in [5.74, 6) is 0.583. The van der Waals surface area contributed by atoms with Gasteiger partial charge in [0.2, 0.25) is 10.0 Å². The molecule has 0 aliphatic rings. The minimum Gasteiger partial charge on any atom is -0.391 e. The van der Waals surface area contributed by atoms with Crippen LogP contribution in [0.25, 0.3) is 0 Å². The summed E-state index contributed by atoms with van der Waals surface area (Å²) in [5, 5.41) is 15.0. The Morgan fingerprint density at radius 3 is 2.85 bits per heavy atom. The summed E-state index contributed by atoms with van der Waals surface area (Å²) in [6.45, 7) is 1.65. The molecule has 0 saturated carbocycles. The number of aliphatic hydroxyl groups excluding tert-OH is 1. The van der Waals surface area contributed by atoms with Crippen LogP contribution in [0, 0.1) is 6.92 Å². The minimum atomic E-state index is -3.62. The van der Waals surface area contributed by atoms with Crippen LogP contribution in [0.15, 0.2) is 16.6 Å². The number of rotatable bonds is 6. The second-order valence-electron chi connectivity index (χ2n) is 4.31. The molecule has 9 heteroatoms. The zero-order valence-corrected chi connectivity index (χ0v) is 12.8. The smallest absolute Gasteiger partial charge is 0.242 e. The van der Waals surface area contributed by atoms with Gasteiger partial charge in [0.05, 0.1) is 11.5 Å². The van der Waals surface area contributed by atoms with E-state index in [1.165, 1.54) is 11.3 Å². The quantitative estimate of drug-likeness (QED) is 0.793. The van der Waals surface area contributed by atoms with Gasteiger partial charge in [-0.05, 0) is 17.9 Å². The first-order valence-corrected chi connectivity index (χ1v) is 8.32. The van der Waals surface area contributed by atoms with E-state index in [-0.39, 0.29) is 18.0 Å². The topological polar surface area (TPSA) is 97.1 Å². The molecule has 0 aromatic carbocycles. The number of sulfonamides is 1. The maximum atomic E-state index is 12.2. The molecule has 0 atom stereocenters.